The molecule has 1 saturated carbocycles. The summed E-state index contributed by atoms with van der Waals surface area (Å²) in [5.74, 6) is -11.4. The first kappa shape index (κ1) is 67.6. The van der Waals surface area contributed by atoms with E-state index in [1.54, 1.807) is 33.8 Å². The van der Waals surface area contributed by atoms with Gasteiger partial charge in [0.1, 0.15) is 37.2 Å². The lowest BCUT2D eigenvalue weighted by molar-refractivity contribution is -0.302. The molecule has 0 aromatic rings. The Labute approximate surface area is 472 Å². The van der Waals surface area contributed by atoms with Crippen molar-refractivity contribution in [1.29, 1.82) is 0 Å². The Morgan fingerprint density at radius 3 is 2.10 bits per heavy atom. The van der Waals surface area contributed by atoms with E-state index < -0.39 is 138 Å². The van der Waals surface area contributed by atoms with Crippen LogP contribution in [0.15, 0.2) is 36.0 Å². The number of ketones is 2. The topological polar surface area (TPSA) is 273 Å². The van der Waals surface area contributed by atoms with Crippen LogP contribution in [0.5, 0.6) is 0 Å². The molecule has 4 aliphatic rings. The first-order valence-electron chi connectivity index (χ1n) is 28.2. The first-order valence-corrected chi connectivity index (χ1v) is 28.2. The second kappa shape index (κ2) is 31.5. The Balaban J connectivity index is 1.56. The minimum absolute atomic E-state index is 0.0255. The number of Topliss-reactive ketones (excluding diaryl/α,β-unsaturated/α-hetero) is 2. The number of esters is 5. The highest BCUT2D eigenvalue weighted by atomic mass is 16.7. The lowest BCUT2D eigenvalue weighted by Gasteiger charge is -2.47. The van der Waals surface area contributed by atoms with Crippen LogP contribution in [-0.4, -0.2) is 171 Å². The van der Waals surface area contributed by atoms with Gasteiger partial charge in [-0.25, -0.2) is 4.79 Å². The second-order valence-electron chi connectivity index (χ2n) is 23.1. The summed E-state index contributed by atoms with van der Waals surface area (Å²) in [6, 6.07) is -1.23. The number of ether oxygens (including phenoxy) is 10. The maximum absolute atomic E-state index is 14.7. The van der Waals surface area contributed by atoms with E-state index in [2.05, 4.69) is 6.58 Å². The first-order chi connectivity index (χ1) is 37.7. The quantitative estimate of drug-likeness (QED) is 0.0493. The number of aliphatic hydroxyl groups is 2. The number of hydrogen-bond acceptors (Lipinski definition) is 20. The average molecular weight is 1130 g/mol. The molecule has 15 atom stereocenters. The van der Waals surface area contributed by atoms with Crippen LogP contribution in [0.25, 0.3) is 0 Å². The number of allylic oxidation sites excluding steroid dienone is 4. The molecule has 0 spiro atoms. The number of hydrogen-bond donors (Lipinski definition) is 2. The fourth-order valence-corrected chi connectivity index (χ4v) is 11.6. The van der Waals surface area contributed by atoms with Gasteiger partial charge in [0.2, 0.25) is 5.79 Å². The van der Waals surface area contributed by atoms with Gasteiger partial charge in [-0.15, -0.1) is 6.58 Å². The van der Waals surface area contributed by atoms with E-state index in [4.69, 9.17) is 47.4 Å². The molecule has 2 bridgehead atoms. The molecule has 4 rings (SSSR count). The predicted molar refractivity (Wildman–Crippen MR) is 289 cm³/mol. The van der Waals surface area contributed by atoms with Gasteiger partial charge in [0, 0.05) is 78.7 Å². The van der Waals surface area contributed by atoms with Crippen molar-refractivity contribution in [2.24, 2.45) is 35.0 Å². The van der Waals surface area contributed by atoms with E-state index >= 15 is 0 Å². The second-order valence-corrected chi connectivity index (χ2v) is 23.1. The summed E-state index contributed by atoms with van der Waals surface area (Å²) in [6.45, 7) is 18.0. The third-order valence-corrected chi connectivity index (χ3v) is 16.0. The molecule has 80 heavy (non-hydrogen) atoms. The van der Waals surface area contributed by atoms with E-state index in [1.165, 1.54) is 35.2 Å². The largest absolute Gasteiger partial charge is 0.462 e. The van der Waals surface area contributed by atoms with E-state index in [0.717, 1.165) is 10.5 Å². The Hall–Kier alpha value is -4.90. The summed E-state index contributed by atoms with van der Waals surface area (Å²) in [5, 5.41) is 24.2. The molecule has 3 fully saturated rings. The number of cyclic esters (lactones) is 1. The maximum Gasteiger partial charge on any atom is 0.329 e. The molecule has 0 aromatic carbocycles. The van der Waals surface area contributed by atoms with Gasteiger partial charge in [0.25, 0.3) is 11.7 Å². The minimum atomic E-state index is -2.57. The fourth-order valence-electron chi connectivity index (χ4n) is 11.6. The predicted octanol–water partition coefficient (Wildman–Crippen LogP) is 6.01. The normalized spacial score (nSPS) is 33.7. The van der Waals surface area contributed by atoms with Crippen molar-refractivity contribution in [3.8, 4) is 0 Å². The molecule has 3 aliphatic heterocycles. The van der Waals surface area contributed by atoms with E-state index in [-0.39, 0.29) is 63.6 Å². The molecular weight excluding hydrogens is 1040 g/mol. The highest BCUT2D eigenvalue weighted by Crippen LogP contribution is 2.43. The summed E-state index contributed by atoms with van der Waals surface area (Å²) in [7, 11) is 4.55. The highest BCUT2D eigenvalue weighted by molar-refractivity contribution is 6.39. The number of amides is 1. The van der Waals surface area contributed by atoms with Crippen LogP contribution in [-0.2, 0) is 85.7 Å². The molecule has 452 valence electrons. The molecule has 21 heteroatoms. The molecule has 2 N–H and O–H groups in total. The van der Waals surface area contributed by atoms with Gasteiger partial charge in [-0.1, -0.05) is 58.4 Å². The van der Waals surface area contributed by atoms with Crippen molar-refractivity contribution in [3.05, 3.63) is 36.0 Å². The highest BCUT2D eigenvalue weighted by Gasteiger charge is 2.57. The van der Waals surface area contributed by atoms with Gasteiger partial charge >= 0.3 is 29.8 Å². The molecule has 0 radical (unpaired) electrons. The molecule has 0 aromatic heterocycles. The third kappa shape index (κ3) is 19.4. The zero-order valence-corrected chi connectivity index (χ0v) is 49.2. The van der Waals surface area contributed by atoms with Crippen LogP contribution in [0.3, 0.4) is 0 Å². The number of fused-ring (bicyclic) bond motifs is 3. The van der Waals surface area contributed by atoms with E-state index in [9.17, 15) is 48.6 Å². The summed E-state index contributed by atoms with van der Waals surface area (Å²) in [4.78, 5) is 107. The van der Waals surface area contributed by atoms with Gasteiger partial charge in [-0.05, 0) is 101 Å². The zero-order valence-electron chi connectivity index (χ0n) is 49.2. The number of rotatable bonds is 19. The lowest BCUT2D eigenvalue weighted by Crippen LogP contribution is -2.64. The van der Waals surface area contributed by atoms with Crippen molar-refractivity contribution < 1.29 is 95.9 Å². The molecule has 3 heterocycles. The Kier molecular flexibility index (Phi) is 26.6. The summed E-state index contributed by atoms with van der Waals surface area (Å²) < 4.78 is 57.0. The number of aliphatic hydroxyl groups excluding tert-OH is 1. The summed E-state index contributed by atoms with van der Waals surface area (Å²) in [6.07, 6.45) is 2.30. The van der Waals surface area contributed by atoms with Crippen LogP contribution in [0, 0.1) is 35.0 Å². The lowest BCUT2D eigenvalue weighted by atomic mass is 9.71. The summed E-state index contributed by atoms with van der Waals surface area (Å²) in [5.41, 5.74) is 0.876. The number of methoxy groups -OCH3 is 3. The van der Waals surface area contributed by atoms with Gasteiger partial charge in [-0.2, -0.15) is 0 Å². The Bertz CT molecular complexity index is 2190. The van der Waals surface area contributed by atoms with Crippen LogP contribution < -0.4 is 0 Å². The van der Waals surface area contributed by atoms with Crippen LogP contribution in [0.2, 0.25) is 0 Å². The van der Waals surface area contributed by atoms with Crippen molar-refractivity contribution in [3.63, 3.8) is 0 Å². The van der Waals surface area contributed by atoms with Gasteiger partial charge in [0.15, 0.2) is 12.9 Å². The van der Waals surface area contributed by atoms with Gasteiger partial charge in [-0.3, -0.25) is 33.6 Å². The van der Waals surface area contributed by atoms with Crippen molar-refractivity contribution in [2.75, 3.05) is 47.9 Å². The monoisotopic (exact) mass is 1130 g/mol. The molecule has 21 nitrogen and oxygen atoms in total. The van der Waals surface area contributed by atoms with Crippen LogP contribution in [0.1, 0.15) is 146 Å². The van der Waals surface area contributed by atoms with Gasteiger partial charge < -0.3 is 62.5 Å². The molecular formula is C59H91NO20. The van der Waals surface area contributed by atoms with Crippen molar-refractivity contribution in [2.45, 2.75) is 206 Å². The van der Waals surface area contributed by atoms with Crippen LogP contribution in [0.4, 0.5) is 0 Å². The van der Waals surface area contributed by atoms with E-state index in [0.29, 0.717) is 56.9 Å². The smallest absolute Gasteiger partial charge is 0.329 e. The average Bonchev–Trinajstić information content (AvgIpc) is 3.40. The summed E-state index contributed by atoms with van der Waals surface area (Å²) >= 11 is 0. The molecule has 1 aliphatic carbocycles. The standard InChI is InChI=1S/C59H91NO20/c1-14-17-42-23-34(2)22-35(3)24-48(71-11)54-49(72-12)27-38(6)59(70,80-54)55(67)56(68)60-21-16-15-18-44(60)57(69)79-53(39(7)45(63)28-46(42)64)37(5)29-58(10)20-19-47(50(30-58)73-13)76-33-77-51(65)25-36(4)26-52(66)78-43(31-74-40(8)61)32-75-41(9)62/h14,23,29,35-36,38-39,42-45,47-50,53-54,63,70H,1,15-22,24-28,30-33H2,2-13H3/b34-23+,37-29+/t35-,36?,38+,39+,42+,44-,45-,47+,48-,49-,50+,53+,54+,58?,59+/m0/s1. The Morgan fingerprint density at radius 1 is 0.863 bits per heavy atom. The third-order valence-electron chi connectivity index (χ3n) is 16.0. The molecule has 2 unspecified atom stereocenters. The van der Waals surface area contributed by atoms with Crippen LogP contribution >= 0.6 is 0 Å². The zero-order chi connectivity index (χ0) is 59.6. The minimum Gasteiger partial charge on any atom is -0.462 e. The number of carbonyl (C=O) groups is 8. The van der Waals surface area contributed by atoms with E-state index in [1.807, 2.05) is 32.9 Å². The maximum atomic E-state index is 14.7. The SMILES string of the molecule is C=CC[C@@H]1/C=C(\C)C[C@H](C)C[C@H](OC)[C@H]2O[C@@](O)(C(=O)C(=O)N3CCCC[C@H]3C(=O)O[C@H](/C(C)=C/C3(C)CC[C@@H](OCOC(=O)CC(C)CC(=O)OC(COC(C)=O)COC(C)=O)[C@H](OC)C3)[C@H](C)[C@@H](O)CC1=O)[C@H](C)C[C@@H]2OC. The Morgan fingerprint density at radius 2 is 1.49 bits per heavy atom. The molecule has 1 amide bonds. The number of carbonyl (C=O) groups excluding carboxylic acids is 8. The number of piperidine rings is 1. The van der Waals surface area contributed by atoms with Crippen molar-refractivity contribution in [1.82, 2.24) is 4.90 Å². The fraction of sp³-hybridized carbons (Fsp3) is 0.763. The van der Waals surface area contributed by atoms with Crippen molar-refractivity contribution >= 4 is 47.3 Å². The van der Waals surface area contributed by atoms with Gasteiger partial charge in [0.05, 0.1) is 30.5 Å². The number of nitrogens with zero attached hydrogens (tertiary/aromatic N) is 1. The molecule has 2 saturated heterocycles.